The molecular weight excluding hydrogens is 216 g/mol. The molecule has 0 amide bonds. The van der Waals surface area contributed by atoms with Crippen molar-refractivity contribution in [3.8, 4) is 0 Å². The molecule has 2 aliphatic carbocycles. The molecule has 0 aromatic heterocycles. The monoisotopic (exact) mass is 242 g/mol. The number of hydrogen-bond donors (Lipinski definition) is 0. The van der Waals surface area contributed by atoms with E-state index in [0.29, 0.717) is 0 Å². The molecule has 2 fully saturated rings. The summed E-state index contributed by atoms with van der Waals surface area (Å²) < 4.78 is 0. The normalized spacial score (nSPS) is 23.1. The van der Waals surface area contributed by atoms with Crippen molar-refractivity contribution in [3.05, 3.63) is 35.4 Å². The zero-order chi connectivity index (χ0) is 12.2. The Morgan fingerprint density at radius 3 is 1.22 bits per heavy atom. The third kappa shape index (κ3) is 2.79. The van der Waals surface area contributed by atoms with Gasteiger partial charge in [-0.3, -0.25) is 0 Å². The van der Waals surface area contributed by atoms with Gasteiger partial charge < -0.3 is 0 Å². The van der Waals surface area contributed by atoms with E-state index in [2.05, 4.69) is 24.3 Å². The quantitative estimate of drug-likeness (QED) is 0.576. The molecule has 0 heterocycles. The van der Waals surface area contributed by atoms with E-state index in [-0.39, 0.29) is 0 Å². The molecule has 0 unspecified atom stereocenters. The van der Waals surface area contributed by atoms with Crippen LogP contribution in [0.1, 0.15) is 87.2 Å². The fourth-order valence-corrected chi connectivity index (χ4v) is 3.91. The van der Waals surface area contributed by atoms with Crippen LogP contribution in [0.2, 0.25) is 0 Å². The van der Waals surface area contributed by atoms with E-state index in [1.165, 1.54) is 64.2 Å². The molecule has 0 radical (unpaired) electrons. The topological polar surface area (TPSA) is 0 Å². The zero-order valence-electron chi connectivity index (χ0n) is 11.5. The highest BCUT2D eigenvalue weighted by molar-refractivity contribution is 5.28. The third-order valence-corrected chi connectivity index (χ3v) is 5.09. The van der Waals surface area contributed by atoms with Crippen LogP contribution in [0.3, 0.4) is 0 Å². The summed E-state index contributed by atoms with van der Waals surface area (Å²) in [6.07, 6.45) is 14.3. The molecule has 2 aliphatic rings. The Bertz CT molecular complexity index is 348. The second-order valence-corrected chi connectivity index (χ2v) is 6.34. The van der Waals surface area contributed by atoms with E-state index < -0.39 is 0 Å². The Labute approximate surface area is 112 Å². The molecule has 1 aromatic rings. The highest BCUT2D eigenvalue weighted by Gasteiger charge is 2.18. The van der Waals surface area contributed by atoms with Gasteiger partial charge in [-0.1, -0.05) is 62.8 Å². The minimum Gasteiger partial charge on any atom is -0.0585 e. The van der Waals surface area contributed by atoms with Gasteiger partial charge in [0.1, 0.15) is 0 Å². The number of rotatable bonds is 2. The lowest BCUT2D eigenvalue weighted by Crippen LogP contribution is -1.98. The van der Waals surface area contributed by atoms with Crippen LogP contribution in [0.15, 0.2) is 24.3 Å². The lowest BCUT2D eigenvalue weighted by atomic mass is 9.89. The molecule has 0 heteroatoms. The van der Waals surface area contributed by atoms with Crippen molar-refractivity contribution >= 4 is 0 Å². The summed E-state index contributed by atoms with van der Waals surface area (Å²) in [5.74, 6) is 1.72. The molecule has 3 rings (SSSR count). The summed E-state index contributed by atoms with van der Waals surface area (Å²) in [7, 11) is 0. The molecule has 0 nitrogen and oxygen atoms in total. The van der Waals surface area contributed by atoms with Crippen molar-refractivity contribution < 1.29 is 0 Å². The smallest absolute Gasteiger partial charge is 0.0162 e. The average molecular weight is 242 g/mol. The third-order valence-electron chi connectivity index (χ3n) is 5.09. The van der Waals surface area contributed by atoms with Gasteiger partial charge in [0.2, 0.25) is 0 Å². The Morgan fingerprint density at radius 1 is 0.500 bits per heavy atom. The van der Waals surface area contributed by atoms with Gasteiger partial charge in [-0.25, -0.2) is 0 Å². The van der Waals surface area contributed by atoms with E-state index in [1.807, 2.05) is 0 Å². The van der Waals surface area contributed by atoms with Gasteiger partial charge in [-0.2, -0.15) is 0 Å². The first-order chi connectivity index (χ1) is 8.93. The first kappa shape index (κ1) is 12.3. The van der Waals surface area contributed by atoms with Gasteiger partial charge in [-0.15, -0.1) is 0 Å². The summed E-state index contributed by atoms with van der Waals surface area (Å²) in [4.78, 5) is 0. The van der Waals surface area contributed by atoms with Crippen LogP contribution in [0, 0.1) is 0 Å². The molecule has 98 valence electrons. The Balaban J connectivity index is 1.69. The van der Waals surface area contributed by atoms with Crippen molar-refractivity contribution in [2.45, 2.75) is 76.0 Å². The van der Waals surface area contributed by atoms with Crippen LogP contribution >= 0.6 is 0 Å². The van der Waals surface area contributed by atoms with Gasteiger partial charge in [0.05, 0.1) is 0 Å². The Morgan fingerprint density at radius 2 is 0.833 bits per heavy atom. The van der Waals surface area contributed by atoms with Gasteiger partial charge >= 0.3 is 0 Å². The maximum Gasteiger partial charge on any atom is -0.0162 e. The Hall–Kier alpha value is -0.780. The summed E-state index contributed by atoms with van der Waals surface area (Å²) >= 11 is 0. The molecule has 2 saturated carbocycles. The highest BCUT2D eigenvalue weighted by Crippen LogP contribution is 2.36. The number of benzene rings is 1. The maximum absolute atomic E-state index is 2.43. The van der Waals surface area contributed by atoms with Crippen LogP contribution in [-0.4, -0.2) is 0 Å². The van der Waals surface area contributed by atoms with E-state index >= 15 is 0 Å². The van der Waals surface area contributed by atoms with E-state index in [1.54, 1.807) is 11.1 Å². The molecule has 18 heavy (non-hydrogen) atoms. The lowest BCUT2D eigenvalue weighted by molar-refractivity contribution is 0.592. The van der Waals surface area contributed by atoms with Crippen molar-refractivity contribution in [1.29, 1.82) is 0 Å². The molecule has 0 spiro atoms. The molecule has 1 aromatic carbocycles. The van der Waals surface area contributed by atoms with E-state index in [4.69, 9.17) is 0 Å². The van der Waals surface area contributed by atoms with Crippen molar-refractivity contribution in [2.24, 2.45) is 0 Å². The van der Waals surface area contributed by atoms with Gasteiger partial charge in [0.25, 0.3) is 0 Å². The largest absolute Gasteiger partial charge is 0.0585 e. The highest BCUT2D eigenvalue weighted by atomic mass is 14.2. The molecule has 0 atom stereocenters. The van der Waals surface area contributed by atoms with Crippen LogP contribution < -0.4 is 0 Å². The first-order valence-electron chi connectivity index (χ1n) is 8.03. The predicted octanol–water partition coefficient (Wildman–Crippen LogP) is 5.78. The van der Waals surface area contributed by atoms with Crippen LogP contribution in [0.25, 0.3) is 0 Å². The summed E-state index contributed by atoms with van der Waals surface area (Å²) in [6, 6.07) is 9.72. The van der Waals surface area contributed by atoms with Crippen LogP contribution in [0.4, 0.5) is 0 Å². The van der Waals surface area contributed by atoms with Crippen molar-refractivity contribution in [2.75, 3.05) is 0 Å². The minimum absolute atomic E-state index is 0.852. The predicted molar refractivity (Wildman–Crippen MR) is 78.1 cm³/mol. The molecule has 0 bridgehead atoms. The van der Waals surface area contributed by atoms with Crippen LogP contribution in [-0.2, 0) is 0 Å². The molecular formula is C18H26. The Kier molecular flexibility index (Phi) is 4.02. The summed E-state index contributed by atoms with van der Waals surface area (Å²) in [6.45, 7) is 0. The molecule has 0 aliphatic heterocycles. The van der Waals surface area contributed by atoms with Crippen LogP contribution in [0.5, 0.6) is 0 Å². The zero-order valence-corrected chi connectivity index (χ0v) is 11.5. The van der Waals surface area contributed by atoms with Gasteiger partial charge in [0.15, 0.2) is 0 Å². The fourth-order valence-electron chi connectivity index (χ4n) is 3.91. The molecule has 0 N–H and O–H groups in total. The second kappa shape index (κ2) is 5.91. The van der Waals surface area contributed by atoms with Crippen molar-refractivity contribution in [1.82, 2.24) is 0 Å². The standard InChI is InChI=1S/C18H26/c1-2-4-8-15(7-3-1)17-11-13-18(14-12-17)16-9-5-6-10-16/h11-16H,1-10H2. The van der Waals surface area contributed by atoms with Crippen molar-refractivity contribution in [3.63, 3.8) is 0 Å². The average Bonchev–Trinajstić information content (AvgIpc) is 2.82. The minimum atomic E-state index is 0.852. The second-order valence-electron chi connectivity index (χ2n) is 6.34. The lowest BCUT2D eigenvalue weighted by Gasteiger charge is -2.16. The van der Waals surface area contributed by atoms with E-state index in [9.17, 15) is 0 Å². The maximum atomic E-state index is 2.43. The number of hydrogen-bond acceptors (Lipinski definition) is 0. The fraction of sp³-hybridized carbons (Fsp3) is 0.667. The van der Waals surface area contributed by atoms with E-state index in [0.717, 1.165) is 11.8 Å². The summed E-state index contributed by atoms with van der Waals surface area (Å²) in [5, 5.41) is 0. The first-order valence-corrected chi connectivity index (χ1v) is 8.03. The molecule has 0 saturated heterocycles. The SMILES string of the molecule is c1cc(C2CCCC2)ccc1C1CCCCCC1. The van der Waals surface area contributed by atoms with Gasteiger partial charge in [0, 0.05) is 0 Å². The van der Waals surface area contributed by atoms with Gasteiger partial charge in [-0.05, 0) is 48.6 Å². The summed E-state index contributed by atoms with van der Waals surface area (Å²) in [5.41, 5.74) is 3.21.